The number of nitrogens with zero attached hydrogens (tertiary/aromatic N) is 8. The third kappa shape index (κ3) is 9.06. The number of carbonyl (C=O) groups excluding carboxylic acids is 2. The van der Waals surface area contributed by atoms with Crippen molar-refractivity contribution in [1.82, 2.24) is 29.5 Å². The highest BCUT2D eigenvalue weighted by Crippen LogP contribution is 2.38. The predicted octanol–water partition coefficient (Wildman–Crippen LogP) is 6.89. The maximum Gasteiger partial charge on any atom is 0.425 e. The van der Waals surface area contributed by atoms with Gasteiger partial charge in [0.15, 0.2) is 17.3 Å². The Labute approximate surface area is 294 Å². The molecule has 5 rings (SSSR count). The van der Waals surface area contributed by atoms with Crippen LogP contribution in [0.4, 0.5) is 21.2 Å². The topological polar surface area (TPSA) is 139 Å². The highest BCUT2D eigenvalue weighted by Gasteiger charge is 2.36. The molecule has 0 aliphatic carbocycles. The average molecular weight is 707 g/mol. The number of morpholine rings is 1. The summed E-state index contributed by atoms with van der Waals surface area (Å²) in [5.41, 5.74) is -0.0968. The van der Waals surface area contributed by atoms with Crippen molar-refractivity contribution in [3.8, 4) is 16.9 Å². The van der Waals surface area contributed by atoms with Crippen LogP contribution in [0.3, 0.4) is 0 Å². The molecule has 5 heterocycles. The van der Waals surface area contributed by atoms with Gasteiger partial charge in [0, 0.05) is 56.2 Å². The Kier molecular flexibility index (Phi) is 10.7. The number of carbonyl (C=O) groups is 2. The third-order valence-electron chi connectivity index (χ3n) is 7.69. The molecule has 270 valence electrons. The fourth-order valence-electron chi connectivity index (χ4n) is 5.31. The maximum absolute atomic E-state index is 13.7. The van der Waals surface area contributed by atoms with Gasteiger partial charge in [-0.15, -0.1) is 0 Å². The third-order valence-corrected chi connectivity index (χ3v) is 9.40. The first-order valence-electron chi connectivity index (χ1n) is 17.0. The normalized spacial score (nSPS) is 15.7. The second kappa shape index (κ2) is 14.5. The molecule has 1 aliphatic heterocycles. The van der Waals surface area contributed by atoms with Gasteiger partial charge in [-0.1, -0.05) is 19.6 Å². The zero-order valence-corrected chi connectivity index (χ0v) is 31.9. The number of anilines is 2. The summed E-state index contributed by atoms with van der Waals surface area (Å²) in [5, 5.41) is 10.1. The Morgan fingerprint density at radius 3 is 2.36 bits per heavy atom. The van der Waals surface area contributed by atoms with E-state index in [1.54, 1.807) is 69.2 Å². The maximum atomic E-state index is 13.7. The zero-order chi connectivity index (χ0) is 36.4. The first kappa shape index (κ1) is 36.9. The lowest BCUT2D eigenvalue weighted by Crippen LogP contribution is -2.44. The van der Waals surface area contributed by atoms with Gasteiger partial charge in [0.2, 0.25) is 0 Å². The number of pyridine rings is 2. The van der Waals surface area contributed by atoms with Crippen LogP contribution >= 0.6 is 0 Å². The lowest BCUT2D eigenvalue weighted by atomic mass is 10.0. The fourth-order valence-corrected chi connectivity index (χ4v) is 6.07. The summed E-state index contributed by atoms with van der Waals surface area (Å²) in [5.74, 6) is 1.29. The van der Waals surface area contributed by atoms with E-state index in [2.05, 4.69) is 36.4 Å². The number of imide groups is 1. The summed E-state index contributed by atoms with van der Waals surface area (Å²) in [4.78, 5) is 40.1. The van der Waals surface area contributed by atoms with Crippen LogP contribution in [0.15, 0.2) is 42.9 Å². The lowest BCUT2D eigenvalue weighted by Gasteiger charge is -2.34. The Hall–Kier alpha value is -4.34. The number of rotatable bonds is 9. The molecular formula is C35H50N8O6Si. The summed E-state index contributed by atoms with van der Waals surface area (Å²) in [6.07, 6.45) is 3.26. The van der Waals surface area contributed by atoms with Crippen molar-refractivity contribution in [3.05, 3.63) is 42.9 Å². The van der Waals surface area contributed by atoms with Gasteiger partial charge in [0.1, 0.15) is 23.8 Å². The summed E-state index contributed by atoms with van der Waals surface area (Å²) >= 11 is 0. The minimum absolute atomic E-state index is 0.0406. The van der Waals surface area contributed by atoms with Gasteiger partial charge in [0.25, 0.3) is 0 Å². The zero-order valence-electron chi connectivity index (χ0n) is 30.9. The predicted molar refractivity (Wildman–Crippen MR) is 195 cm³/mol. The van der Waals surface area contributed by atoms with Crippen molar-refractivity contribution < 1.29 is 28.5 Å². The highest BCUT2D eigenvalue weighted by atomic mass is 28.3. The molecule has 0 bridgehead atoms. The van der Waals surface area contributed by atoms with Crippen LogP contribution in [0.5, 0.6) is 0 Å². The van der Waals surface area contributed by atoms with Crippen molar-refractivity contribution in [2.75, 3.05) is 36.2 Å². The van der Waals surface area contributed by atoms with E-state index in [0.717, 1.165) is 10.9 Å². The standard InChI is InChI=1S/C35H50N8O6Si/c1-24-22-46-17-16-41(24)29-20-26(25-12-11-14-36-30(25)42(32(44)48-34(2,3)4)33(45)49-35(5,6)7)27-21-37-43(31(27)38-29)28-13-15-40(39-28)23-47-18-19-50(8,9)10/h11-15,20-21,24H,16-19,22-23H2,1-10H3/t24-/m1/s1. The van der Waals surface area contributed by atoms with Crippen LogP contribution in [-0.4, -0.2) is 93.4 Å². The molecular weight excluding hydrogens is 657 g/mol. The van der Waals surface area contributed by atoms with E-state index in [4.69, 9.17) is 34.1 Å². The van der Waals surface area contributed by atoms with Crippen molar-refractivity contribution in [2.45, 2.75) is 98.1 Å². The van der Waals surface area contributed by atoms with E-state index in [0.29, 0.717) is 66.9 Å². The minimum atomic E-state index is -1.22. The van der Waals surface area contributed by atoms with Gasteiger partial charge in [0.05, 0.1) is 25.5 Å². The van der Waals surface area contributed by atoms with Crippen LogP contribution < -0.4 is 9.80 Å². The largest absolute Gasteiger partial charge is 0.443 e. The molecule has 0 saturated carbocycles. The van der Waals surface area contributed by atoms with Crippen LogP contribution in [0.25, 0.3) is 28.0 Å². The number of hydrogen-bond donors (Lipinski definition) is 0. The monoisotopic (exact) mass is 706 g/mol. The number of aromatic nitrogens is 6. The Balaban J connectivity index is 1.63. The second-order valence-electron chi connectivity index (χ2n) is 15.7. The minimum Gasteiger partial charge on any atom is -0.443 e. The lowest BCUT2D eigenvalue weighted by molar-refractivity contribution is 0.0429. The van der Waals surface area contributed by atoms with E-state index in [-0.39, 0.29) is 11.9 Å². The summed E-state index contributed by atoms with van der Waals surface area (Å²) in [6, 6.07) is 8.45. The molecule has 1 fully saturated rings. The van der Waals surface area contributed by atoms with Crippen LogP contribution in [0.1, 0.15) is 48.5 Å². The molecule has 50 heavy (non-hydrogen) atoms. The van der Waals surface area contributed by atoms with Crippen LogP contribution in [0.2, 0.25) is 25.7 Å². The molecule has 0 aromatic carbocycles. The molecule has 0 unspecified atom stereocenters. The molecule has 4 aromatic heterocycles. The van der Waals surface area contributed by atoms with E-state index in [9.17, 15) is 9.59 Å². The number of fused-ring (bicyclic) bond motifs is 1. The van der Waals surface area contributed by atoms with Gasteiger partial charge in [-0.3, -0.25) is 0 Å². The molecule has 0 radical (unpaired) electrons. The number of amides is 2. The second-order valence-corrected chi connectivity index (χ2v) is 21.3. The average Bonchev–Trinajstić information content (AvgIpc) is 3.64. The molecule has 2 amide bonds. The summed E-state index contributed by atoms with van der Waals surface area (Å²) in [7, 11) is -1.22. The van der Waals surface area contributed by atoms with E-state index in [1.165, 1.54) is 6.20 Å². The van der Waals surface area contributed by atoms with Crippen LogP contribution in [0, 0.1) is 0 Å². The van der Waals surface area contributed by atoms with E-state index < -0.39 is 31.5 Å². The first-order chi connectivity index (χ1) is 23.4. The molecule has 1 saturated heterocycles. The molecule has 15 heteroatoms. The van der Waals surface area contributed by atoms with Gasteiger partial charge in [-0.05, 0) is 72.7 Å². The van der Waals surface area contributed by atoms with Crippen molar-refractivity contribution in [3.63, 3.8) is 0 Å². The number of hydrogen-bond acceptors (Lipinski definition) is 11. The van der Waals surface area contributed by atoms with Crippen molar-refractivity contribution in [2.24, 2.45) is 0 Å². The Morgan fingerprint density at radius 2 is 1.72 bits per heavy atom. The van der Waals surface area contributed by atoms with Crippen molar-refractivity contribution in [1.29, 1.82) is 0 Å². The molecule has 0 spiro atoms. The van der Waals surface area contributed by atoms with E-state index >= 15 is 0 Å². The van der Waals surface area contributed by atoms with Crippen LogP contribution in [-0.2, 0) is 25.7 Å². The van der Waals surface area contributed by atoms with Crippen molar-refractivity contribution >= 4 is 42.9 Å². The smallest absolute Gasteiger partial charge is 0.425 e. The number of ether oxygens (including phenoxy) is 4. The molecule has 14 nitrogen and oxygen atoms in total. The first-order valence-corrected chi connectivity index (χ1v) is 20.7. The highest BCUT2D eigenvalue weighted by molar-refractivity contribution is 6.76. The van der Waals surface area contributed by atoms with Gasteiger partial charge in [-0.25, -0.2) is 24.2 Å². The molecule has 0 N–H and O–H groups in total. The quantitative estimate of drug-likeness (QED) is 0.133. The Bertz CT molecular complexity index is 1790. The molecule has 1 atom stereocenters. The molecule has 1 aliphatic rings. The SMILES string of the molecule is C[C@@H]1COCCN1c1cc(-c2cccnc2N(C(=O)OC(C)(C)C)C(=O)OC(C)(C)C)c2cnn(-c3ccn(COCC[Si](C)(C)C)n3)c2n1. The summed E-state index contributed by atoms with van der Waals surface area (Å²) in [6.45, 7) is 22.1. The van der Waals surface area contributed by atoms with Gasteiger partial charge < -0.3 is 23.8 Å². The fraction of sp³-hybridized carbons (Fsp3) is 0.543. The summed E-state index contributed by atoms with van der Waals surface area (Å²) < 4.78 is 26.5. The van der Waals surface area contributed by atoms with Gasteiger partial charge >= 0.3 is 12.2 Å². The van der Waals surface area contributed by atoms with E-state index in [1.807, 2.05) is 18.3 Å². The van der Waals surface area contributed by atoms with Gasteiger partial charge in [-0.2, -0.15) is 19.8 Å². The Morgan fingerprint density at radius 1 is 1.02 bits per heavy atom. The molecule has 4 aromatic rings.